The standard InChI is InChI=1S/C23H22ClN7O/c1-15-12-18(14-25-13-15)30(21-19(24)4-2-10-26-21)23(32)16-6-8-17(9-7-16)31-22-20(28-29-31)5-3-11-27-22/h2-11,15,18,25H,12-14H2,1H3/t15-,18+/m0/s1. The number of fused-ring (bicyclic) bond motifs is 1. The molecule has 4 aromatic rings. The quantitative estimate of drug-likeness (QED) is 0.515. The van der Waals surface area contributed by atoms with Crippen molar-refractivity contribution < 1.29 is 4.79 Å². The van der Waals surface area contributed by atoms with Crippen LogP contribution in [0.2, 0.25) is 5.02 Å². The van der Waals surface area contributed by atoms with Gasteiger partial charge >= 0.3 is 0 Å². The largest absolute Gasteiger partial charge is 0.314 e. The molecule has 1 aliphatic rings. The smallest absolute Gasteiger partial charge is 0.259 e. The number of rotatable bonds is 4. The molecule has 32 heavy (non-hydrogen) atoms. The molecule has 9 heteroatoms. The van der Waals surface area contributed by atoms with Gasteiger partial charge in [0.2, 0.25) is 0 Å². The number of benzene rings is 1. The van der Waals surface area contributed by atoms with Crippen molar-refractivity contribution in [3.63, 3.8) is 0 Å². The molecule has 0 unspecified atom stereocenters. The minimum absolute atomic E-state index is 0.0400. The van der Waals surface area contributed by atoms with Crippen molar-refractivity contribution in [2.75, 3.05) is 18.0 Å². The summed E-state index contributed by atoms with van der Waals surface area (Å²) in [5.41, 5.74) is 2.70. The highest BCUT2D eigenvalue weighted by molar-refractivity contribution is 6.33. The lowest BCUT2D eigenvalue weighted by Gasteiger charge is -2.36. The number of nitrogens with one attached hydrogen (secondary N) is 1. The zero-order valence-corrected chi connectivity index (χ0v) is 18.3. The molecule has 1 amide bonds. The van der Waals surface area contributed by atoms with Crippen LogP contribution >= 0.6 is 11.6 Å². The molecule has 0 aliphatic carbocycles. The van der Waals surface area contributed by atoms with E-state index in [1.165, 1.54) is 0 Å². The first kappa shape index (κ1) is 20.5. The van der Waals surface area contributed by atoms with Gasteiger partial charge in [0.1, 0.15) is 5.52 Å². The summed E-state index contributed by atoms with van der Waals surface area (Å²) in [6.45, 7) is 3.80. The Morgan fingerprint density at radius 2 is 1.88 bits per heavy atom. The van der Waals surface area contributed by atoms with Gasteiger partial charge < -0.3 is 5.32 Å². The van der Waals surface area contributed by atoms with Crippen LogP contribution in [0.1, 0.15) is 23.7 Å². The second-order valence-corrected chi connectivity index (χ2v) is 8.44. The fourth-order valence-corrected chi connectivity index (χ4v) is 4.35. The summed E-state index contributed by atoms with van der Waals surface area (Å²) in [7, 11) is 0. The Hall–Kier alpha value is -3.36. The van der Waals surface area contributed by atoms with Crippen LogP contribution in [-0.4, -0.2) is 50.0 Å². The second-order valence-electron chi connectivity index (χ2n) is 8.03. The number of nitrogens with zero attached hydrogens (tertiary/aromatic N) is 6. The highest BCUT2D eigenvalue weighted by Crippen LogP contribution is 2.29. The lowest BCUT2D eigenvalue weighted by molar-refractivity contribution is 0.0968. The van der Waals surface area contributed by atoms with Gasteiger partial charge in [-0.1, -0.05) is 23.7 Å². The molecule has 0 spiro atoms. The minimum atomic E-state index is -0.139. The molecule has 1 fully saturated rings. The van der Waals surface area contributed by atoms with Crippen LogP contribution in [0, 0.1) is 5.92 Å². The van der Waals surface area contributed by atoms with Gasteiger partial charge in [0.25, 0.3) is 5.91 Å². The molecule has 1 aliphatic heterocycles. The number of hydrogen-bond acceptors (Lipinski definition) is 6. The van der Waals surface area contributed by atoms with Crippen molar-refractivity contribution in [2.45, 2.75) is 19.4 Å². The molecular weight excluding hydrogens is 426 g/mol. The highest BCUT2D eigenvalue weighted by atomic mass is 35.5. The van der Waals surface area contributed by atoms with E-state index in [0.717, 1.165) is 18.7 Å². The summed E-state index contributed by atoms with van der Waals surface area (Å²) < 4.78 is 1.66. The average molecular weight is 448 g/mol. The summed E-state index contributed by atoms with van der Waals surface area (Å²) in [5, 5.41) is 12.2. The van der Waals surface area contributed by atoms with Gasteiger partial charge in [-0.05, 0) is 67.4 Å². The Morgan fingerprint density at radius 1 is 1.09 bits per heavy atom. The third kappa shape index (κ3) is 3.83. The molecule has 1 aromatic carbocycles. The third-order valence-corrected chi connectivity index (χ3v) is 5.96. The summed E-state index contributed by atoms with van der Waals surface area (Å²) in [6.07, 6.45) is 4.24. The number of anilines is 1. The number of carbonyl (C=O) groups is 1. The van der Waals surface area contributed by atoms with Crippen LogP contribution in [0.15, 0.2) is 60.9 Å². The van der Waals surface area contributed by atoms with E-state index >= 15 is 0 Å². The summed E-state index contributed by atoms with van der Waals surface area (Å²) in [4.78, 5) is 24.2. The van der Waals surface area contributed by atoms with E-state index in [9.17, 15) is 4.79 Å². The molecule has 0 bridgehead atoms. The van der Waals surface area contributed by atoms with Crippen LogP contribution in [0.5, 0.6) is 0 Å². The van der Waals surface area contributed by atoms with Gasteiger partial charge in [-0.2, -0.15) is 4.68 Å². The van der Waals surface area contributed by atoms with E-state index in [1.807, 2.05) is 24.3 Å². The van der Waals surface area contributed by atoms with Gasteiger partial charge in [0.05, 0.1) is 16.8 Å². The van der Waals surface area contributed by atoms with E-state index in [1.54, 1.807) is 46.2 Å². The molecule has 1 saturated heterocycles. The van der Waals surface area contributed by atoms with Crippen molar-refractivity contribution in [2.24, 2.45) is 5.92 Å². The first-order chi connectivity index (χ1) is 15.6. The molecule has 0 saturated carbocycles. The molecule has 8 nitrogen and oxygen atoms in total. The number of aromatic nitrogens is 5. The number of pyridine rings is 2. The van der Waals surface area contributed by atoms with Crippen LogP contribution in [0.3, 0.4) is 0 Å². The second kappa shape index (κ2) is 8.64. The molecule has 4 heterocycles. The maximum Gasteiger partial charge on any atom is 0.259 e. The fraction of sp³-hybridized carbons (Fsp3) is 0.261. The predicted octanol–water partition coefficient (Wildman–Crippen LogP) is 3.51. The predicted molar refractivity (Wildman–Crippen MR) is 123 cm³/mol. The van der Waals surface area contributed by atoms with E-state index in [-0.39, 0.29) is 11.9 Å². The van der Waals surface area contributed by atoms with Gasteiger partial charge in [-0.3, -0.25) is 9.69 Å². The van der Waals surface area contributed by atoms with Gasteiger partial charge in [0, 0.05) is 24.5 Å². The Labute approximate surface area is 190 Å². The first-order valence-corrected chi connectivity index (χ1v) is 10.9. The molecule has 2 atom stereocenters. The SMILES string of the molecule is C[C@@H]1CNC[C@H](N(C(=O)c2ccc(-n3nnc4cccnc43)cc2)c2ncccc2Cl)C1. The van der Waals surface area contributed by atoms with Crippen molar-refractivity contribution >= 4 is 34.5 Å². The maximum absolute atomic E-state index is 13.7. The lowest BCUT2D eigenvalue weighted by atomic mass is 9.95. The molecular formula is C23H22ClN7O. The molecule has 3 aromatic heterocycles. The zero-order valence-electron chi connectivity index (χ0n) is 17.5. The Bertz CT molecular complexity index is 1260. The van der Waals surface area contributed by atoms with E-state index in [4.69, 9.17) is 11.6 Å². The molecule has 1 N–H and O–H groups in total. The van der Waals surface area contributed by atoms with Crippen molar-refractivity contribution in [3.05, 3.63) is 71.5 Å². The van der Waals surface area contributed by atoms with Crippen LogP contribution in [0.25, 0.3) is 16.9 Å². The van der Waals surface area contributed by atoms with E-state index < -0.39 is 0 Å². The van der Waals surface area contributed by atoms with E-state index in [2.05, 4.69) is 32.5 Å². The van der Waals surface area contributed by atoms with E-state index in [0.29, 0.717) is 40.0 Å². The molecule has 0 radical (unpaired) electrons. The number of amides is 1. The molecule has 5 rings (SSSR count). The van der Waals surface area contributed by atoms with Crippen molar-refractivity contribution in [1.29, 1.82) is 0 Å². The maximum atomic E-state index is 13.7. The van der Waals surface area contributed by atoms with Gasteiger partial charge in [-0.25, -0.2) is 9.97 Å². The van der Waals surface area contributed by atoms with Crippen LogP contribution < -0.4 is 10.2 Å². The summed E-state index contributed by atoms with van der Waals surface area (Å²) in [5.74, 6) is 0.789. The van der Waals surface area contributed by atoms with Gasteiger partial charge in [-0.15, -0.1) is 5.10 Å². The van der Waals surface area contributed by atoms with Gasteiger partial charge in [0.15, 0.2) is 11.5 Å². The zero-order chi connectivity index (χ0) is 22.1. The van der Waals surface area contributed by atoms with Crippen molar-refractivity contribution in [3.8, 4) is 5.69 Å². The fourth-order valence-electron chi connectivity index (χ4n) is 4.14. The number of piperidine rings is 1. The summed E-state index contributed by atoms with van der Waals surface area (Å²) >= 11 is 6.45. The third-order valence-electron chi connectivity index (χ3n) is 5.67. The average Bonchev–Trinajstić information content (AvgIpc) is 3.25. The Morgan fingerprint density at radius 3 is 2.66 bits per heavy atom. The first-order valence-electron chi connectivity index (χ1n) is 10.5. The summed E-state index contributed by atoms with van der Waals surface area (Å²) in [6, 6.07) is 14.4. The normalized spacial score (nSPS) is 18.6. The lowest BCUT2D eigenvalue weighted by Crippen LogP contribution is -2.51. The Balaban J connectivity index is 1.49. The van der Waals surface area contributed by atoms with Crippen molar-refractivity contribution in [1.82, 2.24) is 30.3 Å². The minimum Gasteiger partial charge on any atom is -0.314 e. The monoisotopic (exact) mass is 447 g/mol. The van der Waals surface area contributed by atoms with Crippen LogP contribution in [-0.2, 0) is 0 Å². The van der Waals surface area contributed by atoms with Crippen LogP contribution in [0.4, 0.5) is 5.82 Å². The highest BCUT2D eigenvalue weighted by Gasteiger charge is 2.32. The number of carbonyl (C=O) groups excluding carboxylic acids is 1. The molecule has 162 valence electrons. The Kier molecular flexibility index (Phi) is 5.55. The topological polar surface area (TPSA) is 88.8 Å². The number of hydrogen-bond donors (Lipinski definition) is 1. The number of halogens is 1.